The molecule has 3 rings (SSSR count). The van der Waals surface area contributed by atoms with Crippen molar-refractivity contribution in [3.8, 4) is 22.4 Å². The Balaban J connectivity index is 2.29. The first-order valence-corrected chi connectivity index (χ1v) is 8.40. The van der Waals surface area contributed by atoms with E-state index in [1.165, 1.54) is 0 Å². The molecule has 3 aromatic rings. The van der Waals surface area contributed by atoms with E-state index in [0.29, 0.717) is 18.6 Å². The monoisotopic (exact) mass is 331 g/mol. The highest BCUT2D eigenvalue weighted by Gasteiger charge is 2.25. The molecule has 25 heavy (non-hydrogen) atoms. The molecule has 2 aromatic carbocycles. The fraction of sp³-hybridized carbons (Fsp3) is 0.136. The third kappa shape index (κ3) is 3.41. The molecule has 0 bridgehead atoms. The van der Waals surface area contributed by atoms with Crippen LogP contribution < -0.4 is 0 Å². The van der Waals surface area contributed by atoms with Crippen LogP contribution in [0.5, 0.6) is 0 Å². The summed E-state index contributed by atoms with van der Waals surface area (Å²) in [5.41, 5.74) is 5.23. The van der Waals surface area contributed by atoms with Crippen molar-refractivity contribution >= 4 is 5.97 Å². The maximum Gasteiger partial charge on any atom is 0.340 e. The highest BCUT2D eigenvalue weighted by molar-refractivity contribution is 6.03. The summed E-state index contributed by atoms with van der Waals surface area (Å²) in [5.74, 6) is -0.309. The molecule has 0 radical (unpaired) electrons. The van der Waals surface area contributed by atoms with Gasteiger partial charge in [0, 0.05) is 17.7 Å². The molecule has 0 amide bonds. The van der Waals surface area contributed by atoms with Crippen molar-refractivity contribution in [1.29, 1.82) is 0 Å². The third-order valence-corrected chi connectivity index (χ3v) is 4.03. The van der Waals surface area contributed by atoms with Crippen molar-refractivity contribution in [2.24, 2.45) is 0 Å². The molecule has 0 unspecified atom stereocenters. The van der Waals surface area contributed by atoms with E-state index in [0.717, 1.165) is 28.1 Å². The highest BCUT2D eigenvalue weighted by atomic mass is 16.5. The Morgan fingerprint density at radius 2 is 1.64 bits per heavy atom. The number of ether oxygens (including phenoxy) is 1. The number of hydrogen-bond acceptors (Lipinski definition) is 2. The smallest absolute Gasteiger partial charge is 0.340 e. The van der Waals surface area contributed by atoms with E-state index in [1.54, 1.807) is 6.08 Å². The number of carbonyl (C=O) groups is 1. The molecule has 0 spiro atoms. The maximum absolute atomic E-state index is 12.7. The summed E-state index contributed by atoms with van der Waals surface area (Å²) in [5, 5.41) is 0. The van der Waals surface area contributed by atoms with Gasteiger partial charge in [-0.1, -0.05) is 66.7 Å². The van der Waals surface area contributed by atoms with Crippen LogP contribution in [0.25, 0.3) is 22.4 Å². The zero-order valence-electron chi connectivity index (χ0n) is 14.3. The second-order valence-corrected chi connectivity index (χ2v) is 5.67. The first-order chi connectivity index (χ1) is 12.3. The number of rotatable bonds is 6. The minimum Gasteiger partial charge on any atom is -0.462 e. The standard InChI is InChI=1S/C22H21NO2/c1-3-11-18-20(22(24)25-4-2)19(16-12-7-5-8-13-16)21(23-18)17-14-9-6-10-15-17/h3,5-10,12-15,23H,1,4,11H2,2H3. The van der Waals surface area contributed by atoms with Gasteiger partial charge in [0.15, 0.2) is 0 Å². The number of carbonyl (C=O) groups excluding carboxylic acids is 1. The first kappa shape index (κ1) is 16.8. The first-order valence-electron chi connectivity index (χ1n) is 8.40. The summed E-state index contributed by atoms with van der Waals surface area (Å²) < 4.78 is 5.33. The predicted octanol–water partition coefficient (Wildman–Crippen LogP) is 5.25. The molecule has 0 aliphatic heterocycles. The van der Waals surface area contributed by atoms with E-state index in [1.807, 2.05) is 67.6 Å². The Hall–Kier alpha value is -3.07. The minimum atomic E-state index is -0.309. The van der Waals surface area contributed by atoms with E-state index in [2.05, 4.69) is 11.6 Å². The van der Waals surface area contributed by atoms with Crippen LogP contribution in [0.4, 0.5) is 0 Å². The van der Waals surface area contributed by atoms with Crippen LogP contribution in [0.15, 0.2) is 73.3 Å². The van der Waals surface area contributed by atoms with Gasteiger partial charge in [0.2, 0.25) is 0 Å². The fourth-order valence-electron chi connectivity index (χ4n) is 2.99. The molecule has 1 N–H and O–H groups in total. The summed E-state index contributed by atoms with van der Waals surface area (Å²) in [7, 11) is 0. The predicted molar refractivity (Wildman–Crippen MR) is 102 cm³/mol. The Morgan fingerprint density at radius 3 is 2.20 bits per heavy atom. The van der Waals surface area contributed by atoms with Crippen molar-refractivity contribution < 1.29 is 9.53 Å². The summed E-state index contributed by atoms with van der Waals surface area (Å²) in [6.45, 7) is 5.97. The molecule has 0 saturated carbocycles. The molecule has 1 heterocycles. The summed E-state index contributed by atoms with van der Waals surface area (Å²) in [4.78, 5) is 16.1. The van der Waals surface area contributed by atoms with E-state index in [4.69, 9.17) is 4.74 Å². The topological polar surface area (TPSA) is 42.1 Å². The molecule has 126 valence electrons. The molecule has 3 nitrogen and oxygen atoms in total. The number of nitrogens with one attached hydrogen (secondary N) is 1. The Morgan fingerprint density at radius 1 is 1.04 bits per heavy atom. The van der Waals surface area contributed by atoms with Crippen LogP contribution in [0.3, 0.4) is 0 Å². The average molecular weight is 331 g/mol. The zero-order chi connectivity index (χ0) is 17.6. The van der Waals surface area contributed by atoms with Gasteiger partial charge in [0.1, 0.15) is 0 Å². The molecular weight excluding hydrogens is 310 g/mol. The lowest BCUT2D eigenvalue weighted by Gasteiger charge is -2.08. The van der Waals surface area contributed by atoms with Gasteiger partial charge in [-0.3, -0.25) is 0 Å². The van der Waals surface area contributed by atoms with Crippen molar-refractivity contribution in [2.45, 2.75) is 13.3 Å². The van der Waals surface area contributed by atoms with Gasteiger partial charge < -0.3 is 9.72 Å². The average Bonchev–Trinajstić information content (AvgIpc) is 3.03. The van der Waals surface area contributed by atoms with Gasteiger partial charge in [0.25, 0.3) is 0 Å². The number of allylic oxidation sites excluding steroid dienone is 1. The number of benzene rings is 2. The molecule has 0 atom stereocenters. The summed E-state index contributed by atoms with van der Waals surface area (Å²) >= 11 is 0. The normalized spacial score (nSPS) is 10.4. The quantitative estimate of drug-likeness (QED) is 0.495. The number of aromatic nitrogens is 1. The lowest BCUT2D eigenvalue weighted by Crippen LogP contribution is -2.08. The van der Waals surface area contributed by atoms with E-state index in [9.17, 15) is 4.79 Å². The van der Waals surface area contributed by atoms with E-state index < -0.39 is 0 Å². The van der Waals surface area contributed by atoms with Gasteiger partial charge in [-0.15, -0.1) is 6.58 Å². The van der Waals surface area contributed by atoms with Crippen LogP contribution in [0.1, 0.15) is 23.0 Å². The molecule has 3 heteroatoms. The molecular formula is C22H21NO2. The second kappa shape index (κ2) is 7.67. The maximum atomic E-state index is 12.7. The van der Waals surface area contributed by atoms with Crippen LogP contribution in [-0.2, 0) is 11.2 Å². The van der Waals surface area contributed by atoms with Gasteiger partial charge in [-0.2, -0.15) is 0 Å². The number of hydrogen-bond donors (Lipinski definition) is 1. The number of H-pyrrole nitrogens is 1. The van der Waals surface area contributed by atoms with E-state index in [-0.39, 0.29) is 5.97 Å². The van der Waals surface area contributed by atoms with Crippen LogP contribution in [-0.4, -0.2) is 17.6 Å². The Labute approximate surface area is 148 Å². The van der Waals surface area contributed by atoms with Gasteiger partial charge >= 0.3 is 5.97 Å². The highest BCUT2D eigenvalue weighted by Crippen LogP contribution is 2.37. The van der Waals surface area contributed by atoms with Gasteiger partial charge in [0.05, 0.1) is 17.9 Å². The minimum absolute atomic E-state index is 0.309. The fourth-order valence-corrected chi connectivity index (χ4v) is 2.99. The van der Waals surface area contributed by atoms with Crippen LogP contribution in [0, 0.1) is 0 Å². The van der Waals surface area contributed by atoms with Crippen LogP contribution in [0.2, 0.25) is 0 Å². The van der Waals surface area contributed by atoms with Crippen LogP contribution >= 0.6 is 0 Å². The third-order valence-electron chi connectivity index (χ3n) is 4.03. The molecule has 0 fully saturated rings. The van der Waals surface area contributed by atoms with E-state index >= 15 is 0 Å². The van der Waals surface area contributed by atoms with Crippen molar-refractivity contribution in [2.75, 3.05) is 6.61 Å². The molecule has 0 saturated heterocycles. The van der Waals surface area contributed by atoms with Crippen molar-refractivity contribution in [3.05, 3.63) is 84.6 Å². The molecule has 0 aliphatic rings. The van der Waals surface area contributed by atoms with Gasteiger partial charge in [-0.25, -0.2) is 4.79 Å². The second-order valence-electron chi connectivity index (χ2n) is 5.67. The zero-order valence-corrected chi connectivity index (χ0v) is 14.3. The van der Waals surface area contributed by atoms with Crippen molar-refractivity contribution in [3.63, 3.8) is 0 Å². The molecule has 0 aliphatic carbocycles. The lowest BCUT2D eigenvalue weighted by molar-refractivity contribution is 0.0526. The van der Waals surface area contributed by atoms with Crippen molar-refractivity contribution in [1.82, 2.24) is 4.98 Å². The Kier molecular flexibility index (Phi) is 5.14. The number of aromatic amines is 1. The van der Waals surface area contributed by atoms with Gasteiger partial charge in [-0.05, 0) is 18.1 Å². The number of esters is 1. The SMILES string of the molecule is C=CCc1[nH]c(-c2ccccc2)c(-c2ccccc2)c1C(=O)OCC. The largest absolute Gasteiger partial charge is 0.462 e. The summed E-state index contributed by atoms with van der Waals surface area (Å²) in [6, 6.07) is 19.9. The lowest BCUT2D eigenvalue weighted by atomic mass is 9.96. The molecule has 1 aromatic heterocycles. The summed E-state index contributed by atoms with van der Waals surface area (Å²) in [6.07, 6.45) is 2.36. The Bertz CT molecular complexity index is 864.